The molecule has 0 saturated heterocycles. The van der Waals surface area contributed by atoms with Crippen LogP contribution in [0.2, 0.25) is 5.02 Å². The molecule has 1 N–H and O–H groups in total. The van der Waals surface area contributed by atoms with Gasteiger partial charge in [-0.25, -0.2) is 0 Å². The number of nitrogens with one attached hydrogen (secondary N) is 1. The molecule has 0 radical (unpaired) electrons. The van der Waals surface area contributed by atoms with Crippen molar-refractivity contribution in [2.45, 2.75) is 0 Å². The second kappa shape index (κ2) is 5.79. The number of benzene rings is 1. The monoisotopic (exact) mass is 361 g/mol. The molecule has 21 heavy (non-hydrogen) atoms. The number of nitrogens with zero attached hydrogens (tertiary/aromatic N) is 2. The van der Waals surface area contributed by atoms with Crippen LogP contribution in [0.3, 0.4) is 0 Å². The molecule has 2 aromatic heterocycles. The lowest BCUT2D eigenvalue weighted by Gasteiger charge is -2.09. The maximum atomic E-state index is 12.3. The Morgan fingerprint density at radius 3 is 2.90 bits per heavy atom. The molecule has 0 aliphatic heterocycles. The number of pyridine rings is 2. The Hall–Kier alpha value is -1.98. The highest BCUT2D eigenvalue weighted by molar-refractivity contribution is 9.10. The Kier molecular flexibility index (Phi) is 3.86. The number of amides is 1. The van der Waals surface area contributed by atoms with Crippen LogP contribution >= 0.6 is 27.5 Å². The van der Waals surface area contributed by atoms with E-state index in [1.807, 2.05) is 6.07 Å². The maximum absolute atomic E-state index is 12.3. The van der Waals surface area contributed by atoms with Gasteiger partial charge in [-0.1, -0.05) is 11.6 Å². The maximum Gasteiger partial charge on any atom is 0.257 e. The predicted octanol–water partition coefficient (Wildman–Crippen LogP) is 4.30. The van der Waals surface area contributed by atoms with E-state index in [9.17, 15) is 4.79 Å². The molecular formula is C15H9BrClN3O. The average Bonchev–Trinajstić information content (AvgIpc) is 2.50. The Bertz CT molecular complexity index is 838. The molecule has 104 valence electrons. The Morgan fingerprint density at radius 1 is 1.24 bits per heavy atom. The molecule has 0 saturated carbocycles. The zero-order valence-electron chi connectivity index (χ0n) is 10.7. The second-order valence-electron chi connectivity index (χ2n) is 4.34. The van der Waals surface area contributed by atoms with Gasteiger partial charge in [-0.15, -0.1) is 0 Å². The molecule has 0 atom stereocenters. The first kappa shape index (κ1) is 14.0. The van der Waals surface area contributed by atoms with Crippen molar-refractivity contribution in [3.8, 4) is 0 Å². The van der Waals surface area contributed by atoms with Crippen molar-refractivity contribution in [3.05, 3.63) is 64.0 Å². The van der Waals surface area contributed by atoms with Crippen molar-refractivity contribution in [2.75, 3.05) is 5.32 Å². The lowest BCUT2D eigenvalue weighted by Crippen LogP contribution is -2.12. The average molecular weight is 363 g/mol. The number of carbonyl (C=O) groups is 1. The summed E-state index contributed by atoms with van der Waals surface area (Å²) in [5.41, 5.74) is 1.79. The van der Waals surface area contributed by atoms with Crippen LogP contribution in [-0.4, -0.2) is 15.9 Å². The summed E-state index contributed by atoms with van der Waals surface area (Å²) in [5, 5.41) is 4.20. The molecule has 4 nitrogen and oxygen atoms in total. The van der Waals surface area contributed by atoms with Gasteiger partial charge in [-0.2, -0.15) is 0 Å². The summed E-state index contributed by atoms with van der Waals surface area (Å²) in [4.78, 5) is 20.5. The number of fused-ring (bicyclic) bond motifs is 1. The van der Waals surface area contributed by atoms with Crippen LogP contribution in [0.1, 0.15) is 10.4 Å². The van der Waals surface area contributed by atoms with Crippen LogP contribution in [0, 0.1) is 0 Å². The van der Waals surface area contributed by atoms with Crippen LogP contribution < -0.4 is 5.32 Å². The Morgan fingerprint density at radius 2 is 2.10 bits per heavy atom. The van der Waals surface area contributed by atoms with Crippen molar-refractivity contribution in [2.24, 2.45) is 0 Å². The summed E-state index contributed by atoms with van der Waals surface area (Å²) in [6, 6.07) is 8.85. The Labute approximate surface area is 134 Å². The molecule has 3 rings (SSSR count). The topological polar surface area (TPSA) is 54.9 Å². The molecule has 1 aromatic carbocycles. The molecule has 3 aromatic rings. The number of hydrogen-bond donors (Lipinski definition) is 1. The molecule has 1 amide bonds. The van der Waals surface area contributed by atoms with Gasteiger partial charge in [-0.3, -0.25) is 14.8 Å². The van der Waals surface area contributed by atoms with E-state index in [0.29, 0.717) is 21.8 Å². The highest BCUT2D eigenvalue weighted by Crippen LogP contribution is 2.28. The summed E-state index contributed by atoms with van der Waals surface area (Å²) >= 11 is 9.41. The van der Waals surface area contributed by atoms with Crippen molar-refractivity contribution >= 4 is 50.0 Å². The normalized spacial score (nSPS) is 10.6. The summed E-state index contributed by atoms with van der Waals surface area (Å²) in [6.45, 7) is 0. The third kappa shape index (κ3) is 2.89. The van der Waals surface area contributed by atoms with Gasteiger partial charge in [0.25, 0.3) is 5.91 Å². The number of halogens is 2. The van der Waals surface area contributed by atoms with Gasteiger partial charge in [0.2, 0.25) is 0 Å². The summed E-state index contributed by atoms with van der Waals surface area (Å²) in [6.07, 6.45) is 4.80. The number of carbonyl (C=O) groups excluding carboxylic acids is 1. The fourth-order valence-corrected chi connectivity index (χ4v) is 2.56. The first-order chi connectivity index (χ1) is 10.1. The van der Waals surface area contributed by atoms with Gasteiger partial charge in [-0.05, 0) is 46.3 Å². The van der Waals surface area contributed by atoms with Crippen molar-refractivity contribution in [1.82, 2.24) is 9.97 Å². The highest BCUT2D eigenvalue weighted by Gasteiger charge is 2.11. The van der Waals surface area contributed by atoms with Crippen LogP contribution in [-0.2, 0) is 0 Å². The molecule has 0 aliphatic rings. The van der Waals surface area contributed by atoms with Gasteiger partial charge >= 0.3 is 0 Å². The first-order valence-electron chi connectivity index (χ1n) is 6.10. The SMILES string of the molecule is O=C(Nc1ccc(Cl)c2ncccc12)c1cncc(Br)c1. The van der Waals surface area contributed by atoms with E-state index in [0.717, 1.165) is 9.86 Å². The smallest absolute Gasteiger partial charge is 0.257 e. The molecule has 0 fully saturated rings. The zero-order valence-corrected chi connectivity index (χ0v) is 13.0. The number of rotatable bonds is 2. The minimum Gasteiger partial charge on any atom is -0.321 e. The number of aromatic nitrogens is 2. The fourth-order valence-electron chi connectivity index (χ4n) is 1.98. The van der Waals surface area contributed by atoms with Gasteiger partial charge in [0.15, 0.2) is 0 Å². The summed E-state index contributed by atoms with van der Waals surface area (Å²) in [7, 11) is 0. The van der Waals surface area contributed by atoms with Crippen LogP contribution in [0.25, 0.3) is 10.9 Å². The van der Waals surface area contributed by atoms with E-state index >= 15 is 0 Å². The molecule has 0 aliphatic carbocycles. The summed E-state index contributed by atoms with van der Waals surface area (Å²) < 4.78 is 0.748. The number of hydrogen-bond acceptors (Lipinski definition) is 3. The third-order valence-electron chi connectivity index (χ3n) is 2.94. The molecule has 6 heteroatoms. The van der Waals surface area contributed by atoms with E-state index < -0.39 is 0 Å². The molecule has 0 spiro atoms. The van der Waals surface area contributed by atoms with E-state index in [-0.39, 0.29) is 5.91 Å². The molecule has 0 bridgehead atoms. The quantitative estimate of drug-likeness (QED) is 0.739. The van der Waals surface area contributed by atoms with Crippen LogP contribution in [0.5, 0.6) is 0 Å². The zero-order chi connectivity index (χ0) is 14.8. The standard InChI is InChI=1S/C15H9BrClN3O/c16-10-6-9(7-18-8-10)15(21)20-13-4-3-12(17)14-11(13)2-1-5-19-14/h1-8H,(H,20,21). The molecular weight excluding hydrogens is 354 g/mol. The largest absolute Gasteiger partial charge is 0.321 e. The lowest BCUT2D eigenvalue weighted by molar-refractivity contribution is 0.102. The van der Waals surface area contributed by atoms with Crippen molar-refractivity contribution in [1.29, 1.82) is 0 Å². The minimum atomic E-state index is -0.240. The van der Waals surface area contributed by atoms with Crippen molar-refractivity contribution in [3.63, 3.8) is 0 Å². The second-order valence-corrected chi connectivity index (χ2v) is 5.66. The van der Waals surface area contributed by atoms with E-state index in [4.69, 9.17) is 11.6 Å². The number of anilines is 1. The van der Waals surface area contributed by atoms with E-state index in [1.54, 1.807) is 36.7 Å². The van der Waals surface area contributed by atoms with E-state index in [1.165, 1.54) is 6.20 Å². The fraction of sp³-hybridized carbons (Fsp3) is 0. The highest BCUT2D eigenvalue weighted by atomic mass is 79.9. The Balaban J connectivity index is 1.99. The van der Waals surface area contributed by atoms with Gasteiger partial charge in [0.05, 0.1) is 21.8 Å². The van der Waals surface area contributed by atoms with Gasteiger partial charge < -0.3 is 5.32 Å². The molecule has 2 heterocycles. The van der Waals surface area contributed by atoms with Crippen molar-refractivity contribution < 1.29 is 4.79 Å². The third-order valence-corrected chi connectivity index (χ3v) is 3.67. The lowest BCUT2D eigenvalue weighted by atomic mass is 10.1. The van der Waals surface area contributed by atoms with Gasteiger partial charge in [0, 0.05) is 28.4 Å². The van der Waals surface area contributed by atoms with E-state index in [2.05, 4.69) is 31.2 Å². The molecule has 0 unspecified atom stereocenters. The first-order valence-corrected chi connectivity index (χ1v) is 7.27. The summed E-state index contributed by atoms with van der Waals surface area (Å²) in [5.74, 6) is -0.240. The van der Waals surface area contributed by atoms with Crippen LogP contribution in [0.15, 0.2) is 53.4 Å². The van der Waals surface area contributed by atoms with Crippen LogP contribution in [0.4, 0.5) is 5.69 Å². The predicted molar refractivity (Wildman–Crippen MR) is 86.6 cm³/mol. The van der Waals surface area contributed by atoms with Gasteiger partial charge in [0.1, 0.15) is 0 Å². The minimum absolute atomic E-state index is 0.240.